The van der Waals surface area contributed by atoms with Crippen molar-refractivity contribution in [1.29, 1.82) is 0 Å². The maximum atomic E-state index is 4.77. The van der Waals surface area contributed by atoms with Crippen molar-refractivity contribution in [2.45, 2.75) is 32.2 Å². The first kappa shape index (κ1) is 15.0. The number of nitrogens with zero attached hydrogens (tertiary/aromatic N) is 2. The summed E-state index contributed by atoms with van der Waals surface area (Å²) in [5, 5.41) is 1.26. The van der Waals surface area contributed by atoms with Gasteiger partial charge in [0, 0.05) is 48.2 Å². The van der Waals surface area contributed by atoms with Crippen LogP contribution in [0.1, 0.15) is 24.6 Å². The highest BCUT2D eigenvalue weighted by Gasteiger charge is 2.21. The van der Waals surface area contributed by atoms with Crippen LogP contribution in [-0.4, -0.2) is 24.3 Å². The first-order valence-electron chi connectivity index (χ1n) is 8.66. The normalized spacial score (nSPS) is 17.6. The van der Waals surface area contributed by atoms with E-state index in [0.29, 0.717) is 6.04 Å². The Morgan fingerprint density at radius 3 is 2.96 bits per heavy atom. The van der Waals surface area contributed by atoms with Crippen molar-refractivity contribution in [3.63, 3.8) is 0 Å². The zero-order chi connectivity index (χ0) is 16.5. The lowest BCUT2D eigenvalue weighted by atomic mass is 9.96. The molecule has 1 atom stereocenters. The smallest absolute Gasteiger partial charge is 0.0678 e. The fraction of sp³-hybridized carbons (Fsp3) is 0.286. The first-order chi connectivity index (χ1) is 11.7. The Bertz CT molecular complexity index is 858. The van der Waals surface area contributed by atoms with Gasteiger partial charge in [-0.3, -0.25) is 4.99 Å². The summed E-state index contributed by atoms with van der Waals surface area (Å²) in [6, 6.07) is 17.6. The quantitative estimate of drug-likeness (QED) is 0.686. The van der Waals surface area contributed by atoms with E-state index in [9.17, 15) is 0 Å². The van der Waals surface area contributed by atoms with E-state index in [1.54, 1.807) is 0 Å². The molecule has 1 aliphatic heterocycles. The lowest BCUT2D eigenvalue weighted by molar-refractivity contribution is 0.599. The van der Waals surface area contributed by atoms with E-state index in [2.05, 4.69) is 72.4 Å². The summed E-state index contributed by atoms with van der Waals surface area (Å²) in [6.07, 6.45) is 5.15. The van der Waals surface area contributed by atoms with Crippen LogP contribution in [0.4, 0.5) is 11.4 Å². The number of aromatic nitrogens is 1. The van der Waals surface area contributed by atoms with Crippen LogP contribution in [0.25, 0.3) is 10.9 Å². The van der Waals surface area contributed by atoms with Gasteiger partial charge in [-0.1, -0.05) is 24.3 Å². The second-order valence-corrected chi connectivity index (χ2v) is 6.67. The van der Waals surface area contributed by atoms with E-state index in [1.807, 2.05) is 6.21 Å². The summed E-state index contributed by atoms with van der Waals surface area (Å²) >= 11 is 0. The molecule has 1 unspecified atom stereocenters. The second-order valence-electron chi connectivity index (χ2n) is 6.67. The van der Waals surface area contributed by atoms with E-state index >= 15 is 0 Å². The van der Waals surface area contributed by atoms with Crippen molar-refractivity contribution >= 4 is 28.5 Å². The Morgan fingerprint density at radius 1 is 1.21 bits per heavy atom. The van der Waals surface area contributed by atoms with Gasteiger partial charge in [-0.25, -0.2) is 0 Å². The van der Waals surface area contributed by atoms with Crippen LogP contribution in [0.2, 0.25) is 0 Å². The standard InChI is InChI=1S/C21H23N3/c1-15-10-11-18-20(8-5-9-21(18)24(15)2)22-13-12-17-14-16-6-3-4-7-19(16)23-17/h3-9,13-15,23H,10-12H2,1-2H3/b22-13+. The number of hydrogen-bond acceptors (Lipinski definition) is 2. The zero-order valence-corrected chi connectivity index (χ0v) is 14.3. The lowest BCUT2D eigenvalue weighted by Gasteiger charge is -2.34. The Labute approximate surface area is 143 Å². The van der Waals surface area contributed by atoms with Crippen LogP contribution in [0.5, 0.6) is 0 Å². The van der Waals surface area contributed by atoms with Gasteiger partial charge in [-0.05, 0) is 49.4 Å². The van der Waals surface area contributed by atoms with Crippen LogP contribution < -0.4 is 4.90 Å². The first-order valence-corrected chi connectivity index (χ1v) is 8.66. The SMILES string of the molecule is CC1CCc2c(/N=C/Cc3cc4ccccc4[nH]3)cccc2N1C. The zero-order valence-electron chi connectivity index (χ0n) is 14.3. The van der Waals surface area contributed by atoms with E-state index < -0.39 is 0 Å². The van der Waals surface area contributed by atoms with Crippen molar-refractivity contribution in [2.24, 2.45) is 4.99 Å². The van der Waals surface area contributed by atoms with Crippen molar-refractivity contribution in [3.8, 4) is 0 Å². The number of aromatic amines is 1. The van der Waals surface area contributed by atoms with Gasteiger partial charge in [0.1, 0.15) is 0 Å². The molecule has 0 bridgehead atoms. The largest absolute Gasteiger partial charge is 0.372 e. The van der Waals surface area contributed by atoms with Gasteiger partial charge in [-0.15, -0.1) is 0 Å². The summed E-state index contributed by atoms with van der Waals surface area (Å²) in [5.74, 6) is 0. The molecule has 0 amide bonds. The van der Waals surface area contributed by atoms with Crippen molar-refractivity contribution in [1.82, 2.24) is 4.98 Å². The van der Waals surface area contributed by atoms with Crippen LogP contribution in [-0.2, 0) is 12.8 Å². The molecule has 1 aliphatic rings. The average Bonchev–Trinajstić information content (AvgIpc) is 3.01. The highest BCUT2D eigenvalue weighted by Crippen LogP contribution is 2.35. The van der Waals surface area contributed by atoms with Crippen LogP contribution in [0.15, 0.2) is 53.5 Å². The molecule has 1 aromatic heterocycles. The number of para-hydroxylation sites is 1. The van der Waals surface area contributed by atoms with Crippen LogP contribution >= 0.6 is 0 Å². The van der Waals surface area contributed by atoms with Gasteiger partial charge in [0.15, 0.2) is 0 Å². The van der Waals surface area contributed by atoms with Crippen molar-refractivity contribution < 1.29 is 0 Å². The van der Waals surface area contributed by atoms with Crippen molar-refractivity contribution in [3.05, 3.63) is 59.8 Å². The Morgan fingerprint density at radius 2 is 2.08 bits per heavy atom. The van der Waals surface area contributed by atoms with Gasteiger partial charge in [0.25, 0.3) is 0 Å². The van der Waals surface area contributed by atoms with Crippen LogP contribution in [0, 0.1) is 0 Å². The summed E-state index contributed by atoms with van der Waals surface area (Å²) in [5.41, 5.74) is 6.21. The predicted octanol–water partition coefficient (Wildman–Crippen LogP) is 4.88. The maximum Gasteiger partial charge on any atom is 0.0678 e. The highest BCUT2D eigenvalue weighted by atomic mass is 15.1. The molecule has 3 aromatic rings. The number of fused-ring (bicyclic) bond motifs is 2. The summed E-state index contributed by atoms with van der Waals surface area (Å²) in [6.45, 7) is 2.29. The number of hydrogen-bond donors (Lipinski definition) is 1. The fourth-order valence-corrected chi connectivity index (χ4v) is 3.54. The molecule has 2 heterocycles. The molecule has 0 spiro atoms. The molecule has 0 radical (unpaired) electrons. The number of nitrogens with one attached hydrogen (secondary N) is 1. The summed E-state index contributed by atoms with van der Waals surface area (Å²) in [4.78, 5) is 10.6. The third kappa shape index (κ3) is 2.71. The molecule has 1 N–H and O–H groups in total. The van der Waals surface area contributed by atoms with Crippen LogP contribution in [0.3, 0.4) is 0 Å². The van der Waals surface area contributed by atoms with Crippen molar-refractivity contribution in [2.75, 3.05) is 11.9 Å². The van der Waals surface area contributed by atoms with Gasteiger partial charge < -0.3 is 9.88 Å². The van der Waals surface area contributed by atoms with E-state index in [-0.39, 0.29) is 0 Å². The monoisotopic (exact) mass is 317 g/mol. The molecular formula is C21H23N3. The summed E-state index contributed by atoms with van der Waals surface area (Å²) in [7, 11) is 2.18. The van der Waals surface area contributed by atoms with Gasteiger partial charge in [0.2, 0.25) is 0 Å². The number of rotatable bonds is 3. The number of aliphatic imine (C=N–C) groups is 1. The van der Waals surface area contributed by atoms with E-state index in [4.69, 9.17) is 4.99 Å². The number of H-pyrrole nitrogens is 1. The Kier molecular flexibility index (Phi) is 3.85. The van der Waals surface area contributed by atoms with E-state index in [0.717, 1.165) is 18.5 Å². The summed E-state index contributed by atoms with van der Waals surface area (Å²) < 4.78 is 0. The molecular weight excluding hydrogens is 294 g/mol. The lowest BCUT2D eigenvalue weighted by Crippen LogP contribution is -2.33. The minimum absolute atomic E-state index is 0.600. The van der Waals surface area contributed by atoms with Gasteiger partial charge >= 0.3 is 0 Å². The van der Waals surface area contributed by atoms with Gasteiger partial charge in [0.05, 0.1) is 5.69 Å². The molecule has 0 aliphatic carbocycles. The molecule has 122 valence electrons. The minimum Gasteiger partial charge on any atom is -0.372 e. The number of anilines is 1. The molecule has 4 rings (SSSR count). The Hall–Kier alpha value is -2.55. The fourth-order valence-electron chi connectivity index (χ4n) is 3.54. The molecule has 0 saturated heterocycles. The third-order valence-electron chi connectivity index (χ3n) is 5.11. The maximum absolute atomic E-state index is 4.77. The molecule has 3 nitrogen and oxygen atoms in total. The molecule has 3 heteroatoms. The Balaban J connectivity index is 1.56. The predicted molar refractivity (Wildman–Crippen MR) is 103 cm³/mol. The van der Waals surface area contributed by atoms with E-state index in [1.165, 1.54) is 34.3 Å². The molecule has 0 fully saturated rings. The van der Waals surface area contributed by atoms with Gasteiger partial charge in [-0.2, -0.15) is 0 Å². The molecule has 24 heavy (non-hydrogen) atoms. The third-order valence-corrected chi connectivity index (χ3v) is 5.11. The minimum atomic E-state index is 0.600. The highest BCUT2D eigenvalue weighted by molar-refractivity contribution is 5.81. The molecule has 2 aromatic carbocycles. The number of benzene rings is 2. The second kappa shape index (κ2) is 6.16. The average molecular weight is 317 g/mol. The topological polar surface area (TPSA) is 31.4 Å². The molecule has 0 saturated carbocycles.